The van der Waals surface area contributed by atoms with Gasteiger partial charge in [0, 0.05) is 40.3 Å². The molecule has 2 amide bonds. The second-order valence-electron chi connectivity index (χ2n) is 7.42. The van der Waals surface area contributed by atoms with E-state index in [0.29, 0.717) is 18.4 Å². The molecule has 162 valence electrons. The van der Waals surface area contributed by atoms with Crippen LogP contribution >= 0.6 is 11.8 Å². The number of thioether (sulfide) groups is 1. The van der Waals surface area contributed by atoms with Gasteiger partial charge in [-0.3, -0.25) is 4.98 Å². The molecule has 0 radical (unpaired) electrons. The van der Waals surface area contributed by atoms with Gasteiger partial charge in [-0.25, -0.2) is 4.79 Å². The maximum absolute atomic E-state index is 12.3. The highest BCUT2D eigenvalue weighted by Crippen LogP contribution is 2.28. The number of aryl methyl sites for hydroxylation is 1. The van der Waals surface area contributed by atoms with E-state index in [1.54, 1.807) is 12.4 Å². The molecule has 0 aliphatic rings. The molecule has 5 nitrogen and oxygen atoms in total. The molecule has 3 aromatic rings. The summed E-state index contributed by atoms with van der Waals surface area (Å²) in [5, 5.41) is 6.42. The van der Waals surface area contributed by atoms with Crippen LogP contribution in [0.5, 0.6) is 5.75 Å². The molecule has 0 aliphatic carbocycles. The molecule has 1 heterocycles. The molecule has 31 heavy (non-hydrogen) atoms. The van der Waals surface area contributed by atoms with E-state index in [-0.39, 0.29) is 6.03 Å². The van der Waals surface area contributed by atoms with Gasteiger partial charge in [0.15, 0.2) is 0 Å². The summed E-state index contributed by atoms with van der Waals surface area (Å²) in [5.41, 5.74) is 3.90. The highest BCUT2D eigenvalue weighted by molar-refractivity contribution is 7.99. The first-order valence-electron chi connectivity index (χ1n) is 10.5. The number of amides is 2. The molecule has 0 fully saturated rings. The van der Waals surface area contributed by atoms with Crippen LogP contribution in [0.25, 0.3) is 0 Å². The monoisotopic (exact) mass is 435 g/mol. The lowest BCUT2D eigenvalue weighted by Crippen LogP contribution is -2.28. The molecule has 1 unspecified atom stereocenters. The van der Waals surface area contributed by atoms with Crippen molar-refractivity contribution < 1.29 is 9.53 Å². The molecule has 2 aromatic carbocycles. The Morgan fingerprint density at radius 3 is 2.61 bits per heavy atom. The van der Waals surface area contributed by atoms with E-state index in [4.69, 9.17) is 4.74 Å². The number of nitrogens with one attached hydrogen (secondary N) is 2. The van der Waals surface area contributed by atoms with E-state index in [0.717, 1.165) is 34.5 Å². The van der Waals surface area contributed by atoms with Gasteiger partial charge in [-0.2, -0.15) is 0 Å². The minimum atomic E-state index is -0.220. The number of carbonyl (C=O) groups excluding carboxylic acids is 1. The summed E-state index contributed by atoms with van der Waals surface area (Å²) >= 11 is 1.85. The molecule has 1 atom stereocenters. The van der Waals surface area contributed by atoms with Crippen LogP contribution < -0.4 is 15.4 Å². The fourth-order valence-electron chi connectivity index (χ4n) is 2.87. The number of pyridine rings is 1. The van der Waals surface area contributed by atoms with E-state index in [9.17, 15) is 4.79 Å². The lowest BCUT2D eigenvalue weighted by atomic mass is 10.2. The quantitative estimate of drug-likeness (QED) is 0.394. The Kier molecular flexibility index (Phi) is 8.35. The lowest BCUT2D eigenvalue weighted by molar-refractivity contribution is 0.251. The predicted molar refractivity (Wildman–Crippen MR) is 128 cm³/mol. The third-order valence-electron chi connectivity index (χ3n) is 4.86. The summed E-state index contributed by atoms with van der Waals surface area (Å²) in [5.74, 6) is 0.781. The molecule has 1 aromatic heterocycles. The maximum Gasteiger partial charge on any atom is 0.319 e. The number of carbonyl (C=O) groups is 1. The van der Waals surface area contributed by atoms with Gasteiger partial charge in [0.25, 0.3) is 0 Å². The number of ether oxygens (including phenoxy) is 1. The Morgan fingerprint density at radius 2 is 1.94 bits per heavy atom. The van der Waals surface area contributed by atoms with Gasteiger partial charge in [-0.1, -0.05) is 32.0 Å². The van der Waals surface area contributed by atoms with E-state index in [1.165, 1.54) is 4.90 Å². The number of anilines is 1. The number of hydrogen-bond acceptors (Lipinski definition) is 4. The molecule has 3 rings (SSSR count). The van der Waals surface area contributed by atoms with Gasteiger partial charge >= 0.3 is 6.03 Å². The molecular weight excluding hydrogens is 406 g/mol. The van der Waals surface area contributed by atoms with Crippen molar-refractivity contribution in [2.45, 2.75) is 50.5 Å². The van der Waals surface area contributed by atoms with Crippen LogP contribution in [0.3, 0.4) is 0 Å². The van der Waals surface area contributed by atoms with Crippen LogP contribution in [0, 0.1) is 6.92 Å². The third kappa shape index (κ3) is 7.33. The fourth-order valence-corrected chi connectivity index (χ4v) is 3.89. The third-order valence-corrected chi connectivity index (χ3v) is 6.12. The first-order chi connectivity index (χ1) is 15.0. The number of hydrogen-bond donors (Lipinski definition) is 2. The van der Waals surface area contributed by atoms with Crippen molar-refractivity contribution in [1.82, 2.24) is 10.3 Å². The Labute approximate surface area is 188 Å². The van der Waals surface area contributed by atoms with Crippen molar-refractivity contribution in [2.24, 2.45) is 0 Å². The van der Waals surface area contributed by atoms with E-state index >= 15 is 0 Å². The van der Waals surface area contributed by atoms with Crippen LogP contribution in [-0.4, -0.2) is 16.3 Å². The SMILES string of the molecule is CCC(C)Sc1ccc(NC(=O)NCc2ccc(OCc3cccnc3)cc2)c(C)c1. The normalized spacial score (nSPS) is 11.6. The molecule has 0 bridgehead atoms. The minimum absolute atomic E-state index is 0.220. The van der Waals surface area contributed by atoms with Crippen LogP contribution in [0.1, 0.15) is 37.0 Å². The average Bonchev–Trinajstić information content (AvgIpc) is 2.79. The zero-order chi connectivity index (χ0) is 22.1. The lowest BCUT2D eigenvalue weighted by Gasteiger charge is -2.13. The average molecular weight is 436 g/mol. The number of aromatic nitrogens is 1. The van der Waals surface area contributed by atoms with Crippen molar-refractivity contribution >= 4 is 23.5 Å². The standard InChI is InChI=1S/C25H29N3O2S/c1-4-19(3)31-23-11-12-24(18(2)14-23)28-25(29)27-16-20-7-9-22(10-8-20)30-17-21-6-5-13-26-15-21/h5-15,19H,4,16-17H2,1-3H3,(H2,27,28,29). The van der Waals surface area contributed by atoms with E-state index in [2.05, 4.69) is 41.6 Å². The molecule has 6 heteroatoms. The number of benzene rings is 2. The highest BCUT2D eigenvalue weighted by Gasteiger charge is 2.08. The minimum Gasteiger partial charge on any atom is -0.489 e. The zero-order valence-corrected chi connectivity index (χ0v) is 19.0. The summed E-state index contributed by atoms with van der Waals surface area (Å²) < 4.78 is 5.76. The van der Waals surface area contributed by atoms with Gasteiger partial charge < -0.3 is 15.4 Å². The largest absolute Gasteiger partial charge is 0.489 e. The molecule has 2 N–H and O–H groups in total. The molecule has 0 aliphatic heterocycles. The fraction of sp³-hybridized carbons (Fsp3) is 0.280. The number of rotatable bonds is 9. The van der Waals surface area contributed by atoms with Gasteiger partial charge in [0.05, 0.1) is 0 Å². The highest BCUT2D eigenvalue weighted by atomic mass is 32.2. The predicted octanol–water partition coefficient (Wildman–Crippen LogP) is 6.18. The number of nitrogens with zero attached hydrogens (tertiary/aromatic N) is 1. The second-order valence-corrected chi connectivity index (χ2v) is 8.93. The maximum atomic E-state index is 12.3. The molecule has 0 spiro atoms. The first-order valence-corrected chi connectivity index (χ1v) is 11.3. The van der Waals surface area contributed by atoms with Crippen molar-refractivity contribution in [3.8, 4) is 5.75 Å². The van der Waals surface area contributed by atoms with Gasteiger partial charge in [0.1, 0.15) is 12.4 Å². The molecule has 0 saturated carbocycles. The zero-order valence-electron chi connectivity index (χ0n) is 18.2. The van der Waals surface area contributed by atoms with Gasteiger partial charge in [0.2, 0.25) is 0 Å². The summed E-state index contributed by atoms with van der Waals surface area (Å²) in [6.07, 6.45) is 4.66. The van der Waals surface area contributed by atoms with Gasteiger partial charge in [-0.15, -0.1) is 11.8 Å². The van der Waals surface area contributed by atoms with Crippen molar-refractivity contribution in [3.63, 3.8) is 0 Å². The topological polar surface area (TPSA) is 63.2 Å². The van der Waals surface area contributed by atoms with Crippen molar-refractivity contribution in [2.75, 3.05) is 5.32 Å². The van der Waals surface area contributed by atoms with Crippen LogP contribution in [0.15, 0.2) is 71.9 Å². The summed E-state index contributed by atoms with van der Waals surface area (Å²) in [6.45, 7) is 7.34. The Hall–Kier alpha value is -2.99. The Balaban J connectivity index is 1.46. The van der Waals surface area contributed by atoms with Crippen LogP contribution in [-0.2, 0) is 13.2 Å². The van der Waals surface area contributed by atoms with Gasteiger partial charge in [-0.05, 0) is 60.9 Å². The van der Waals surface area contributed by atoms with Crippen LogP contribution in [0.4, 0.5) is 10.5 Å². The Bertz CT molecular complexity index is 978. The van der Waals surface area contributed by atoms with E-state index in [1.807, 2.05) is 61.2 Å². The first kappa shape index (κ1) is 22.7. The smallest absolute Gasteiger partial charge is 0.319 e. The molecular formula is C25H29N3O2S. The number of urea groups is 1. The summed E-state index contributed by atoms with van der Waals surface area (Å²) in [6, 6.07) is 17.5. The van der Waals surface area contributed by atoms with Crippen molar-refractivity contribution in [1.29, 1.82) is 0 Å². The van der Waals surface area contributed by atoms with E-state index < -0.39 is 0 Å². The second kappa shape index (κ2) is 11.4. The summed E-state index contributed by atoms with van der Waals surface area (Å²) in [4.78, 5) is 17.6. The summed E-state index contributed by atoms with van der Waals surface area (Å²) in [7, 11) is 0. The van der Waals surface area contributed by atoms with Crippen molar-refractivity contribution in [3.05, 3.63) is 83.7 Å². The Morgan fingerprint density at radius 1 is 1.13 bits per heavy atom. The molecule has 0 saturated heterocycles. The van der Waals surface area contributed by atoms with Crippen LogP contribution in [0.2, 0.25) is 0 Å².